The predicted octanol–water partition coefficient (Wildman–Crippen LogP) is 0.922. The van der Waals surface area contributed by atoms with E-state index >= 15 is 0 Å². The Hall–Kier alpha value is -0.120. The van der Waals surface area contributed by atoms with E-state index in [9.17, 15) is 0 Å². The second kappa shape index (κ2) is 3.08. The predicted molar refractivity (Wildman–Crippen MR) is 29.8 cm³/mol. The summed E-state index contributed by atoms with van der Waals surface area (Å²) in [4.78, 5) is 2.47. The Morgan fingerprint density at radius 3 is 2.50 bits per heavy atom. The molecule has 1 unspecified atom stereocenters. The molecule has 34 valence electrons. The summed E-state index contributed by atoms with van der Waals surface area (Å²) < 4.78 is 3.15. The van der Waals surface area contributed by atoms with Crippen LogP contribution in [0.5, 0.6) is 0 Å². The zero-order chi connectivity index (χ0) is 4.99. The Morgan fingerprint density at radius 2 is 2.50 bits per heavy atom. The van der Waals surface area contributed by atoms with Crippen molar-refractivity contribution in [1.82, 2.24) is 0 Å². The van der Waals surface area contributed by atoms with Gasteiger partial charge < -0.3 is 0 Å². The van der Waals surface area contributed by atoms with Crippen LogP contribution in [-0.2, 0) is 20.8 Å². The molecule has 5 heteroatoms. The molecular weight excluding hydrogens is 118 g/mol. The van der Waals surface area contributed by atoms with Crippen molar-refractivity contribution in [3.63, 3.8) is 0 Å². The lowest BCUT2D eigenvalue weighted by molar-refractivity contribution is 1.80. The second-order valence-electron chi connectivity index (χ2n) is 0.595. The molecule has 0 heterocycles. The van der Waals surface area contributed by atoms with Crippen molar-refractivity contribution in [2.24, 2.45) is 4.52 Å². The fourth-order valence-corrected chi connectivity index (χ4v) is 0.244. The number of nitrogens with zero attached hydrogens (tertiary/aromatic N) is 3. The molecule has 0 aromatic carbocycles. The molecule has 0 rings (SSSR count). The van der Waals surface area contributed by atoms with Gasteiger partial charge in [-0.05, 0) is 37.1 Å². The van der Waals surface area contributed by atoms with Crippen molar-refractivity contribution >= 4 is 20.8 Å². The molecule has 0 fully saturated rings. The third kappa shape index (κ3) is 3.88. The molecule has 0 radical (unpaired) electrons. The molecule has 6 heavy (non-hydrogen) atoms. The van der Waals surface area contributed by atoms with Gasteiger partial charge in [0, 0.05) is 4.91 Å². The first-order valence-corrected chi connectivity index (χ1v) is 3.67. The van der Waals surface area contributed by atoms with Crippen molar-refractivity contribution in [3.8, 4) is 0 Å². The van der Waals surface area contributed by atoms with Gasteiger partial charge in [-0.15, -0.1) is 0 Å². The van der Waals surface area contributed by atoms with Crippen LogP contribution in [0.15, 0.2) is 4.52 Å². The normalized spacial score (nSPS) is 12.2. The maximum Gasteiger partial charge on any atom is 0.0111 e. The van der Waals surface area contributed by atoms with Crippen molar-refractivity contribution in [2.45, 2.75) is 0 Å². The average Bonchev–Trinajstić information content (AvgIpc) is 1.35. The molecule has 3 nitrogen and oxygen atoms in total. The molecule has 0 aromatic heterocycles. The van der Waals surface area contributed by atoms with Gasteiger partial charge in [-0.25, -0.2) is 0 Å². The van der Waals surface area contributed by atoms with Crippen LogP contribution in [0.3, 0.4) is 0 Å². The third-order valence-electron chi connectivity index (χ3n) is 0.151. The van der Waals surface area contributed by atoms with E-state index in [4.69, 9.17) is 5.53 Å². The zero-order valence-electron chi connectivity index (χ0n) is 3.16. The monoisotopic (exact) mass is 121 g/mol. The first kappa shape index (κ1) is 5.88. The van der Waals surface area contributed by atoms with E-state index in [1.54, 1.807) is 6.26 Å². The summed E-state index contributed by atoms with van der Waals surface area (Å²) in [6.07, 6.45) is 1.68. The van der Waals surface area contributed by atoms with E-state index in [-0.39, 0.29) is 0 Å². The van der Waals surface area contributed by atoms with Crippen LogP contribution in [0.4, 0.5) is 0 Å². The van der Waals surface area contributed by atoms with Gasteiger partial charge in [-0.2, -0.15) is 0 Å². The minimum atomic E-state index is -0.524. The molecule has 0 aromatic rings. The first-order chi connectivity index (χ1) is 2.77. The molecule has 0 N–H and O–H groups in total. The summed E-state index contributed by atoms with van der Waals surface area (Å²) in [5, 5.41) is 0. The molecule has 0 spiro atoms. The lowest BCUT2D eigenvalue weighted by Crippen LogP contribution is -1.65. The summed E-state index contributed by atoms with van der Waals surface area (Å²) in [6.45, 7) is 0. The molecule has 0 bridgehead atoms. The van der Waals surface area contributed by atoms with Crippen LogP contribution in [0.25, 0.3) is 10.4 Å². The van der Waals surface area contributed by atoms with Gasteiger partial charge in [0.05, 0.1) is 0 Å². The topological polar surface area (TPSA) is 48.8 Å². The molecule has 0 aliphatic rings. The van der Waals surface area contributed by atoms with E-state index in [1.165, 1.54) is 0 Å². The standard InChI is InChI=1S/CH3N3S2/c1-6(5)4-3-2/h1H3. The van der Waals surface area contributed by atoms with E-state index in [0.29, 0.717) is 0 Å². The van der Waals surface area contributed by atoms with Gasteiger partial charge in [-0.3, -0.25) is 0 Å². The van der Waals surface area contributed by atoms with E-state index in [0.717, 1.165) is 0 Å². The molecule has 0 aliphatic carbocycles. The van der Waals surface area contributed by atoms with Crippen LogP contribution >= 0.6 is 0 Å². The molecule has 0 saturated heterocycles. The fourth-order valence-electron chi connectivity index (χ4n) is 0.0514. The SMILES string of the molecule is CS(=S)N=[N+]=[N-]. The highest BCUT2D eigenvalue weighted by molar-refractivity contribution is 8.27. The highest BCUT2D eigenvalue weighted by Crippen LogP contribution is 1.73. The van der Waals surface area contributed by atoms with Gasteiger partial charge in [-0.1, -0.05) is 0 Å². The summed E-state index contributed by atoms with van der Waals surface area (Å²) in [7, 11) is -0.524. The van der Waals surface area contributed by atoms with Crippen LogP contribution < -0.4 is 0 Å². The third-order valence-corrected chi connectivity index (χ3v) is 0.654. The summed E-state index contributed by atoms with van der Waals surface area (Å²) in [6, 6.07) is 0. The Morgan fingerprint density at radius 1 is 2.00 bits per heavy atom. The highest BCUT2D eigenvalue weighted by atomic mass is 32.8. The van der Waals surface area contributed by atoms with Crippen LogP contribution in [0, 0.1) is 0 Å². The van der Waals surface area contributed by atoms with Crippen LogP contribution in [0.1, 0.15) is 0 Å². The van der Waals surface area contributed by atoms with E-state index < -0.39 is 9.64 Å². The van der Waals surface area contributed by atoms with E-state index in [1.807, 2.05) is 0 Å². The minimum Gasteiger partial charge on any atom is -0.0448 e. The smallest absolute Gasteiger partial charge is 0.0111 e. The fraction of sp³-hybridized carbons (Fsp3) is 1.00. The van der Waals surface area contributed by atoms with Crippen LogP contribution in [-0.4, -0.2) is 6.26 Å². The number of hydrogen-bond donors (Lipinski definition) is 0. The summed E-state index contributed by atoms with van der Waals surface area (Å²) in [5.74, 6) is 0. The average molecular weight is 121 g/mol. The Labute approximate surface area is 42.7 Å². The van der Waals surface area contributed by atoms with Crippen molar-refractivity contribution in [2.75, 3.05) is 6.26 Å². The van der Waals surface area contributed by atoms with Crippen molar-refractivity contribution < 1.29 is 0 Å². The molecule has 0 amide bonds. The number of rotatable bonds is 1. The van der Waals surface area contributed by atoms with Gasteiger partial charge in [0.1, 0.15) is 0 Å². The van der Waals surface area contributed by atoms with Gasteiger partial charge in [0.25, 0.3) is 0 Å². The summed E-state index contributed by atoms with van der Waals surface area (Å²) in [5.41, 5.74) is 7.64. The second-order valence-corrected chi connectivity index (χ2v) is 3.05. The Bertz CT molecular complexity index is 101. The number of hydrogen-bond acceptors (Lipinski definition) is 1. The summed E-state index contributed by atoms with van der Waals surface area (Å²) >= 11 is 4.49. The molecule has 0 saturated carbocycles. The van der Waals surface area contributed by atoms with Gasteiger partial charge in [0.2, 0.25) is 0 Å². The Kier molecular flexibility index (Phi) is 3.02. The zero-order valence-corrected chi connectivity index (χ0v) is 4.79. The largest absolute Gasteiger partial charge is 0.0448 e. The van der Waals surface area contributed by atoms with Gasteiger partial charge in [0.15, 0.2) is 0 Å². The minimum absolute atomic E-state index is 0.524. The molecule has 1 atom stereocenters. The van der Waals surface area contributed by atoms with Crippen LogP contribution in [0.2, 0.25) is 0 Å². The van der Waals surface area contributed by atoms with Gasteiger partial charge >= 0.3 is 0 Å². The lowest BCUT2D eigenvalue weighted by atomic mass is 12.0. The van der Waals surface area contributed by atoms with E-state index in [2.05, 4.69) is 20.6 Å². The molecular formula is CH3N3S2. The number of azide groups is 1. The van der Waals surface area contributed by atoms with Crippen molar-refractivity contribution in [3.05, 3.63) is 10.4 Å². The molecule has 0 aliphatic heterocycles. The maximum atomic E-state index is 7.64. The van der Waals surface area contributed by atoms with Crippen molar-refractivity contribution in [1.29, 1.82) is 0 Å². The first-order valence-electron chi connectivity index (χ1n) is 1.16. The quantitative estimate of drug-likeness (QED) is 0.289. The lowest BCUT2D eigenvalue weighted by Gasteiger charge is -1.69. The Balaban J connectivity index is 3.60. The maximum absolute atomic E-state index is 7.64. The highest BCUT2D eigenvalue weighted by Gasteiger charge is 1.64.